The van der Waals surface area contributed by atoms with E-state index in [2.05, 4.69) is 17.5 Å². The molecule has 72 valence electrons. The minimum absolute atomic E-state index is 0.414. The molecule has 2 aromatic rings. The standard InChI is InChI=1S/C11H9ClOS/c12-10(7-13)6-9-3-1-2-8-4-5-14-11(8)9/h1-5,7,10H,6H2. The molecule has 1 nitrogen and oxygen atoms in total. The first kappa shape index (κ1) is 9.69. The molecular weight excluding hydrogens is 216 g/mol. The quantitative estimate of drug-likeness (QED) is 0.578. The molecule has 0 spiro atoms. The fourth-order valence-electron chi connectivity index (χ4n) is 1.47. The lowest BCUT2D eigenvalue weighted by atomic mass is 10.1. The molecule has 0 fully saturated rings. The van der Waals surface area contributed by atoms with Crippen LogP contribution in [0.3, 0.4) is 0 Å². The molecule has 1 atom stereocenters. The Morgan fingerprint density at radius 1 is 1.43 bits per heavy atom. The maximum atomic E-state index is 10.5. The number of hydrogen-bond acceptors (Lipinski definition) is 2. The Morgan fingerprint density at radius 3 is 3.07 bits per heavy atom. The topological polar surface area (TPSA) is 17.1 Å². The molecular formula is C11H9ClOS. The molecule has 0 bridgehead atoms. The highest BCUT2D eigenvalue weighted by molar-refractivity contribution is 7.17. The van der Waals surface area contributed by atoms with Crippen molar-refractivity contribution in [1.82, 2.24) is 0 Å². The second-order valence-corrected chi connectivity index (χ2v) is 4.59. The van der Waals surface area contributed by atoms with E-state index in [-0.39, 0.29) is 0 Å². The molecule has 1 heterocycles. The summed E-state index contributed by atoms with van der Waals surface area (Å²) in [6.45, 7) is 0. The number of halogens is 1. The van der Waals surface area contributed by atoms with Crippen LogP contribution in [0.5, 0.6) is 0 Å². The Bertz CT molecular complexity index is 449. The maximum Gasteiger partial charge on any atom is 0.138 e. The van der Waals surface area contributed by atoms with E-state index in [0.29, 0.717) is 6.42 Å². The molecule has 2 rings (SSSR count). The van der Waals surface area contributed by atoms with Gasteiger partial charge in [-0.15, -0.1) is 22.9 Å². The number of thiophene rings is 1. The van der Waals surface area contributed by atoms with E-state index in [1.807, 2.05) is 12.1 Å². The molecule has 0 aliphatic rings. The lowest BCUT2D eigenvalue weighted by Gasteiger charge is -2.03. The van der Waals surface area contributed by atoms with Gasteiger partial charge in [-0.1, -0.05) is 18.2 Å². The van der Waals surface area contributed by atoms with Gasteiger partial charge in [-0.2, -0.15) is 0 Å². The molecule has 0 amide bonds. The summed E-state index contributed by atoms with van der Waals surface area (Å²) < 4.78 is 1.24. The number of carbonyl (C=O) groups is 1. The summed E-state index contributed by atoms with van der Waals surface area (Å²) in [4.78, 5) is 10.5. The molecule has 1 unspecified atom stereocenters. The van der Waals surface area contributed by atoms with E-state index in [0.717, 1.165) is 11.8 Å². The normalized spacial score (nSPS) is 12.9. The van der Waals surface area contributed by atoms with Gasteiger partial charge in [0.25, 0.3) is 0 Å². The van der Waals surface area contributed by atoms with E-state index in [1.165, 1.54) is 10.1 Å². The van der Waals surface area contributed by atoms with Crippen LogP contribution in [0.4, 0.5) is 0 Å². The summed E-state index contributed by atoms with van der Waals surface area (Å²) in [5.41, 5.74) is 1.16. The number of carbonyl (C=O) groups excluding carboxylic acids is 1. The Hall–Kier alpha value is -0.860. The van der Waals surface area contributed by atoms with Gasteiger partial charge in [0.1, 0.15) is 6.29 Å². The van der Waals surface area contributed by atoms with Crippen molar-refractivity contribution in [2.24, 2.45) is 0 Å². The third kappa shape index (κ3) is 1.81. The average molecular weight is 225 g/mol. The van der Waals surface area contributed by atoms with E-state index in [4.69, 9.17) is 11.6 Å². The van der Waals surface area contributed by atoms with Crippen LogP contribution in [0.2, 0.25) is 0 Å². The minimum Gasteiger partial charge on any atom is -0.302 e. The van der Waals surface area contributed by atoms with Gasteiger partial charge in [-0.05, 0) is 28.8 Å². The lowest BCUT2D eigenvalue weighted by Crippen LogP contribution is -2.03. The van der Waals surface area contributed by atoms with E-state index in [9.17, 15) is 4.79 Å². The monoisotopic (exact) mass is 224 g/mol. The van der Waals surface area contributed by atoms with Gasteiger partial charge in [0.15, 0.2) is 0 Å². The minimum atomic E-state index is -0.414. The Labute approximate surface area is 91.3 Å². The molecule has 0 aliphatic carbocycles. The van der Waals surface area contributed by atoms with Gasteiger partial charge in [0.05, 0.1) is 5.38 Å². The zero-order chi connectivity index (χ0) is 9.97. The molecule has 0 saturated carbocycles. The van der Waals surface area contributed by atoms with Crippen LogP contribution >= 0.6 is 22.9 Å². The molecule has 1 aromatic heterocycles. The number of rotatable bonds is 3. The highest BCUT2D eigenvalue weighted by Crippen LogP contribution is 2.25. The first-order valence-electron chi connectivity index (χ1n) is 4.35. The largest absolute Gasteiger partial charge is 0.302 e. The SMILES string of the molecule is O=CC(Cl)Cc1cccc2ccsc12. The van der Waals surface area contributed by atoms with Crippen LogP contribution in [-0.4, -0.2) is 11.7 Å². The van der Waals surface area contributed by atoms with Gasteiger partial charge >= 0.3 is 0 Å². The zero-order valence-electron chi connectivity index (χ0n) is 7.44. The van der Waals surface area contributed by atoms with Gasteiger partial charge in [0, 0.05) is 4.70 Å². The molecule has 0 N–H and O–H groups in total. The Morgan fingerprint density at radius 2 is 2.29 bits per heavy atom. The highest BCUT2D eigenvalue weighted by atomic mass is 35.5. The van der Waals surface area contributed by atoms with Crippen LogP contribution < -0.4 is 0 Å². The van der Waals surface area contributed by atoms with E-state index < -0.39 is 5.38 Å². The molecule has 1 aromatic carbocycles. The van der Waals surface area contributed by atoms with Crippen molar-refractivity contribution in [2.75, 3.05) is 0 Å². The first-order valence-corrected chi connectivity index (χ1v) is 5.67. The van der Waals surface area contributed by atoms with Gasteiger partial charge in [-0.3, -0.25) is 0 Å². The average Bonchev–Trinajstić information content (AvgIpc) is 2.66. The first-order chi connectivity index (χ1) is 6.81. The van der Waals surface area contributed by atoms with Gasteiger partial charge in [0.2, 0.25) is 0 Å². The van der Waals surface area contributed by atoms with Crippen molar-refractivity contribution in [3.63, 3.8) is 0 Å². The number of hydrogen-bond donors (Lipinski definition) is 0. The summed E-state index contributed by atoms with van der Waals surface area (Å²) in [7, 11) is 0. The second-order valence-electron chi connectivity index (χ2n) is 3.11. The van der Waals surface area contributed by atoms with Gasteiger partial charge in [-0.25, -0.2) is 0 Å². The lowest BCUT2D eigenvalue weighted by molar-refractivity contribution is -0.107. The smallest absolute Gasteiger partial charge is 0.138 e. The van der Waals surface area contributed by atoms with Crippen molar-refractivity contribution in [3.05, 3.63) is 35.2 Å². The summed E-state index contributed by atoms with van der Waals surface area (Å²) >= 11 is 7.50. The Kier molecular flexibility index (Phi) is 2.85. The molecule has 3 heteroatoms. The summed E-state index contributed by atoms with van der Waals surface area (Å²) in [6.07, 6.45) is 1.40. The Balaban J connectivity index is 2.41. The van der Waals surface area contributed by atoms with Crippen molar-refractivity contribution in [1.29, 1.82) is 0 Å². The van der Waals surface area contributed by atoms with Crippen LogP contribution in [0.15, 0.2) is 29.6 Å². The fourth-order valence-corrected chi connectivity index (χ4v) is 2.57. The fraction of sp³-hybridized carbons (Fsp3) is 0.182. The van der Waals surface area contributed by atoms with Crippen molar-refractivity contribution in [3.8, 4) is 0 Å². The van der Waals surface area contributed by atoms with Gasteiger partial charge < -0.3 is 4.79 Å². The summed E-state index contributed by atoms with van der Waals surface area (Å²) in [5, 5.41) is 2.86. The number of fused-ring (bicyclic) bond motifs is 1. The molecule has 0 saturated heterocycles. The number of aldehydes is 1. The number of alkyl halides is 1. The highest BCUT2D eigenvalue weighted by Gasteiger charge is 2.07. The third-order valence-corrected chi connectivity index (χ3v) is 3.39. The predicted molar refractivity (Wildman–Crippen MR) is 61.2 cm³/mol. The predicted octanol–water partition coefficient (Wildman–Crippen LogP) is 3.25. The van der Waals surface area contributed by atoms with E-state index in [1.54, 1.807) is 11.3 Å². The van der Waals surface area contributed by atoms with Crippen LogP contribution in [0, 0.1) is 0 Å². The third-order valence-electron chi connectivity index (χ3n) is 2.12. The van der Waals surface area contributed by atoms with Crippen LogP contribution in [0.25, 0.3) is 10.1 Å². The molecule has 0 aliphatic heterocycles. The van der Waals surface area contributed by atoms with Crippen molar-refractivity contribution < 1.29 is 4.79 Å². The maximum absolute atomic E-state index is 10.5. The van der Waals surface area contributed by atoms with Crippen LogP contribution in [0.1, 0.15) is 5.56 Å². The van der Waals surface area contributed by atoms with E-state index >= 15 is 0 Å². The molecule has 0 radical (unpaired) electrons. The summed E-state index contributed by atoms with van der Waals surface area (Å²) in [5.74, 6) is 0. The van der Waals surface area contributed by atoms with Crippen LogP contribution in [-0.2, 0) is 11.2 Å². The number of benzene rings is 1. The summed E-state index contributed by atoms with van der Waals surface area (Å²) in [6, 6.07) is 8.17. The molecule has 14 heavy (non-hydrogen) atoms. The zero-order valence-corrected chi connectivity index (χ0v) is 9.02. The van der Waals surface area contributed by atoms with Crippen molar-refractivity contribution >= 4 is 39.3 Å². The second kappa shape index (κ2) is 4.11. The van der Waals surface area contributed by atoms with Crippen molar-refractivity contribution in [2.45, 2.75) is 11.8 Å².